The molecule has 0 saturated heterocycles. The van der Waals surface area contributed by atoms with Crippen LogP contribution in [0.25, 0.3) is 0 Å². The summed E-state index contributed by atoms with van der Waals surface area (Å²) in [6.07, 6.45) is 2.54. The van der Waals surface area contributed by atoms with Crippen LogP contribution in [0.5, 0.6) is 0 Å². The topological polar surface area (TPSA) is 12.0 Å². The number of hydrogen-bond acceptors (Lipinski definition) is 1. The molecule has 0 aliphatic rings. The van der Waals surface area contributed by atoms with E-state index in [-0.39, 0.29) is 0 Å². The van der Waals surface area contributed by atoms with Gasteiger partial charge in [0.25, 0.3) is 0 Å². The van der Waals surface area contributed by atoms with Crippen molar-refractivity contribution < 1.29 is 0 Å². The van der Waals surface area contributed by atoms with Crippen molar-refractivity contribution in [1.82, 2.24) is 4.98 Å². The van der Waals surface area contributed by atoms with Crippen LogP contribution < -0.4 is 4.98 Å². The molecule has 1 atom stereocenters. The molecule has 0 bridgehead atoms. The highest BCUT2D eigenvalue weighted by molar-refractivity contribution is 7.05. The molecule has 1 nitrogen and oxygen atoms in total. The Morgan fingerprint density at radius 3 is 2.62 bits per heavy atom. The van der Waals surface area contributed by atoms with Crippen molar-refractivity contribution in [3.8, 4) is 0 Å². The molecule has 0 heterocycles. The van der Waals surface area contributed by atoms with Crippen molar-refractivity contribution in [2.24, 2.45) is 0 Å². The van der Waals surface area contributed by atoms with Gasteiger partial charge in [0, 0.05) is 0 Å². The van der Waals surface area contributed by atoms with Crippen LogP contribution in [0.3, 0.4) is 0 Å². The Labute approximate surface area is 57.8 Å². The highest BCUT2D eigenvalue weighted by atomic mass is 35.6. The first kappa shape index (κ1) is 8.47. The molecule has 1 unspecified atom stereocenters. The van der Waals surface area contributed by atoms with Crippen LogP contribution in [-0.4, -0.2) is 15.3 Å². The lowest BCUT2D eigenvalue weighted by Crippen LogP contribution is -2.23. The summed E-state index contributed by atoms with van der Waals surface area (Å²) in [5.74, 6) is 0. The Morgan fingerprint density at radius 1 is 1.62 bits per heavy atom. The van der Waals surface area contributed by atoms with Gasteiger partial charge >= 0.3 is 0 Å². The number of rotatable bonds is 4. The molecule has 0 fully saturated rings. The molecular formula is C5H14ClNSi. The molecule has 0 spiro atoms. The summed E-state index contributed by atoms with van der Waals surface area (Å²) in [6.45, 7) is 2.19. The Morgan fingerprint density at radius 2 is 2.25 bits per heavy atom. The van der Waals surface area contributed by atoms with E-state index in [1.165, 1.54) is 18.9 Å². The molecule has 0 saturated carbocycles. The van der Waals surface area contributed by atoms with E-state index in [2.05, 4.69) is 11.9 Å². The smallest absolute Gasteiger partial charge is 0.210 e. The van der Waals surface area contributed by atoms with Crippen LogP contribution in [0.1, 0.15) is 19.8 Å². The summed E-state index contributed by atoms with van der Waals surface area (Å²) < 4.78 is 0. The highest BCUT2D eigenvalue weighted by Gasteiger charge is 1.99. The SMILES string of the molecule is CCCC[SiH](Cl)NC. The molecule has 0 aromatic heterocycles. The van der Waals surface area contributed by atoms with Crippen molar-refractivity contribution in [2.45, 2.75) is 25.8 Å². The molecule has 0 aliphatic heterocycles. The third-order valence-electron chi connectivity index (χ3n) is 1.12. The lowest BCUT2D eigenvalue weighted by atomic mass is 10.4. The summed E-state index contributed by atoms with van der Waals surface area (Å²) in [5, 5.41) is 0. The number of halogens is 1. The molecule has 3 heteroatoms. The van der Waals surface area contributed by atoms with Crippen LogP contribution in [0.15, 0.2) is 0 Å². The summed E-state index contributed by atoms with van der Waals surface area (Å²) >= 11 is 5.87. The first-order chi connectivity index (χ1) is 3.81. The van der Waals surface area contributed by atoms with Crippen molar-refractivity contribution >= 4 is 19.3 Å². The predicted molar refractivity (Wildman–Crippen MR) is 41.8 cm³/mol. The van der Waals surface area contributed by atoms with Crippen molar-refractivity contribution in [3.63, 3.8) is 0 Å². The van der Waals surface area contributed by atoms with Gasteiger partial charge in [-0.15, -0.1) is 0 Å². The van der Waals surface area contributed by atoms with E-state index in [1.807, 2.05) is 7.05 Å². The molecule has 0 aromatic carbocycles. The van der Waals surface area contributed by atoms with E-state index in [1.54, 1.807) is 0 Å². The van der Waals surface area contributed by atoms with Crippen LogP contribution in [0.4, 0.5) is 0 Å². The fourth-order valence-corrected chi connectivity index (χ4v) is 2.05. The first-order valence-electron chi connectivity index (χ1n) is 3.12. The zero-order chi connectivity index (χ0) is 6.41. The maximum Gasteiger partial charge on any atom is 0.210 e. The van der Waals surface area contributed by atoms with Gasteiger partial charge < -0.3 is 4.98 Å². The Balaban J connectivity index is 2.86. The predicted octanol–water partition coefficient (Wildman–Crippen LogP) is 1.47. The van der Waals surface area contributed by atoms with Crippen molar-refractivity contribution in [1.29, 1.82) is 0 Å². The van der Waals surface area contributed by atoms with E-state index in [4.69, 9.17) is 11.1 Å². The van der Waals surface area contributed by atoms with Gasteiger partial charge in [0.1, 0.15) is 0 Å². The van der Waals surface area contributed by atoms with E-state index in [9.17, 15) is 0 Å². The Bertz CT molecular complexity index is 51.7. The van der Waals surface area contributed by atoms with Gasteiger partial charge in [0.15, 0.2) is 0 Å². The van der Waals surface area contributed by atoms with Crippen LogP contribution >= 0.6 is 11.1 Å². The van der Waals surface area contributed by atoms with E-state index >= 15 is 0 Å². The van der Waals surface area contributed by atoms with E-state index < -0.39 is 8.27 Å². The number of hydrogen-bond donors (Lipinski definition) is 1. The Kier molecular flexibility index (Phi) is 5.93. The third-order valence-corrected chi connectivity index (χ3v) is 3.98. The minimum absolute atomic E-state index is 0.977. The molecule has 50 valence electrons. The van der Waals surface area contributed by atoms with Crippen molar-refractivity contribution in [3.05, 3.63) is 0 Å². The summed E-state index contributed by atoms with van der Waals surface area (Å²) in [7, 11) is 0.967. The molecule has 1 N–H and O–H groups in total. The van der Waals surface area contributed by atoms with Crippen LogP contribution in [-0.2, 0) is 0 Å². The second-order valence-corrected chi connectivity index (χ2v) is 5.57. The zero-order valence-corrected chi connectivity index (χ0v) is 7.49. The monoisotopic (exact) mass is 151 g/mol. The van der Waals surface area contributed by atoms with Crippen LogP contribution in [0, 0.1) is 0 Å². The quantitative estimate of drug-likeness (QED) is 0.474. The Hall–Kier alpha value is 0.467. The van der Waals surface area contributed by atoms with Gasteiger partial charge in [-0.1, -0.05) is 19.8 Å². The normalized spacial score (nSPS) is 13.9. The molecule has 0 aromatic rings. The van der Waals surface area contributed by atoms with Gasteiger partial charge in [-0.3, -0.25) is 0 Å². The number of nitrogens with one attached hydrogen (secondary N) is 1. The lowest BCUT2D eigenvalue weighted by Gasteiger charge is -2.01. The molecule has 0 radical (unpaired) electrons. The number of unbranched alkanes of at least 4 members (excludes halogenated alkanes) is 1. The fourth-order valence-electron chi connectivity index (χ4n) is 0.528. The van der Waals surface area contributed by atoms with Gasteiger partial charge in [0.2, 0.25) is 8.27 Å². The summed E-state index contributed by atoms with van der Waals surface area (Å²) in [4.78, 5) is 3.10. The standard InChI is InChI=1S/C5H14ClNSi/c1-3-4-5-8(6)7-2/h7-8H,3-5H2,1-2H3. The van der Waals surface area contributed by atoms with Gasteiger partial charge in [-0.05, 0) is 13.1 Å². The maximum atomic E-state index is 5.87. The maximum absolute atomic E-state index is 5.87. The summed E-state index contributed by atoms with van der Waals surface area (Å²) in [6, 6.07) is 1.22. The average molecular weight is 152 g/mol. The lowest BCUT2D eigenvalue weighted by molar-refractivity contribution is 0.870. The molecule has 0 rings (SSSR count). The van der Waals surface area contributed by atoms with E-state index in [0.29, 0.717) is 0 Å². The molecule has 0 amide bonds. The fraction of sp³-hybridized carbons (Fsp3) is 1.00. The zero-order valence-electron chi connectivity index (χ0n) is 5.58. The van der Waals surface area contributed by atoms with Crippen molar-refractivity contribution in [2.75, 3.05) is 7.05 Å². The summed E-state index contributed by atoms with van der Waals surface area (Å²) in [5.41, 5.74) is 0. The molecule has 0 aliphatic carbocycles. The second kappa shape index (κ2) is 5.60. The molecular weight excluding hydrogens is 138 g/mol. The second-order valence-electron chi connectivity index (χ2n) is 1.90. The average Bonchev–Trinajstić information content (AvgIpc) is 1.83. The third kappa shape index (κ3) is 4.62. The minimum Gasteiger partial charge on any atom is -0.331 e. The minimum atomic E-state index is -0.977. The van der Waals surface area contributed by atoms with Gasteiger partial charge in [0.05, 0.1) is 0 Å². The molecule has 8 heavy (non-hydrogen) atoms. The first-order valence-corrected chi connectivity index (χ1v) is 6.26. The largest absolute Gasteiger partial charge is 0.331 e. The van der Waals surface area contributed by atoms with E-state index in [0.717, 1.165) is 0 Å². The van der Waals surface area contributed by atoms with Crippen LogP contribution in [0.2, 0.25) is 6.04 Å². The van der Waals surface area contributed by atoms with Gasteiger partial charge in [-0.2, -0.15) is 11.1 Å². The van der Waals surface area contributed by atoms with Gasteiger partial charge in [-0.25, -0.2) is 0 Å². The highest BCUT2D eigenvalue weighted by Crippen LogP contribution is 2.00.